The van der Waals surface area contributed by atoms with Crippen molar-refractivity contribution in [2.45, 2.75) is 13.5 Å². The molecular weight excluding hydrogens is 390 g/mol. The van der Waals surface area contributed by atoms with Gasteiger partial charge in [0, 0.05) is 6.20 Å². The number of nitrogens with zero attached hydrogens (tertiary/aromatic N) is 2. The van der Waals surface area contributed by atoms with Crippen molar-refractivity contribution in [1.29, 1.82) is 0 Å². The number of hydrogen-bond donors (Lipinski definition) is 1. The maximum Gasteiger partial charge on any atom is 0.274 e. The van der Waals surface area contributed by atoms with E-state index in [1.54, 1.807) is 18.2 Å². The van der Waals surface area contributed by atoms with E-state index in [9.17, 15) is 4.79 Å². The van der Waals surface area contributed by atoms with Crippen LogP contribution in [0.1, 0.15) is 28.4 Å². The molecule has 1 N–H and O–H groups in total. The molecule has 1 heterocycles. The summed E-state index contributed by atoms with van der Waals surface area (Å²) in [5.74, 6) is 0.806. The van der Waals surface area contributed by atoms with Crippen LogP contribution in [0.25, 0.3) is 0 Å². The highest BCUT2D eigenvalue weighted by Gasteiger charge is 2.10. The zero-order valence-electron chi connectivity index (χ0n) is 15.8. The number of amides is 1. The Morgan fingerprint density at radius 1 is 1.10 bits per heavy atom. The summed E-state index contributed by atoms with van der Waals surface area (Å²) >= 11 is 5.91. The maximum absolute atomic E-state index is 12.1. The van der Waals surface area contributed by atoms with Gasteiger partial charge in [-0.25, -0.2) is 10.4 Å². The minimum absolute atomic E-state index is 0.124. The highest BCUT2D eigenvalue weighted by molar-refractivity contribution is 6.32. The molecule has 0 saturated carbocycles. The van der Waals surface area contributed by atoms with Gasteiger partial charge in [-0.15, -0.1) is 0 Å². The lowest BCUT2D eigenvalue weighted by molar-refractivity contribution is 0.0955. The quantitative estimate of drug-likeness (QED) is 0.338. The number of hydrazone groups is 1. The highest BCUT2D eigenvalue weighted by atomic mass is 35.5. The summed E-state index contributed by atoms with van der Waals surface area (Å²) < 4.78 is 11.6. The Labute approximate surface area is 174 Å². The average molecular weight is 410 g/mol. The number of nitrogens with one attached hydrogen (secondary N) is 1. The molecular formula is C22H20ClN3O3. The lowest BCUT2D eigenvalue weighted by atomic mass is 10.2. The minimum atomic E-state index is -0.438. The summed E-state index contributed by atoms with van der Waals surface area (Å²) in [6, 6.07) is 18.5. The van der Waals surface area contributed by atoms with Crippen LogP contribution < -0.4 is 14.9 Å². The standard InChI is InChI=1S/C22H20ClN3O3/c1-2-28-20-13-17(10-11-19(20)29-15-16-7-4-3-5-8-16)14-25-26-22(27)18-9-6-12-24-21(18)23/h3-14H,2,15H2,1H3,(H,26,27)/b25-14+. The van der Waals surface area contributed by atoms with Crippen LogP contribution in [0.3, 0.4) is 0 Å². The molecule has 2 aromatic carbocycles. The number of benzene rings is 2. The molecule has 0 unspecified atom stereocenters. The van der Waals surface area contributed by atoms with Gasteiger partial charge in [-0.2, -0.15) is 5.10 Å². The first kappa shape index (κ1) is 20.4. The smallest absolute Gasteiger partial charge is 0.274 e. The summed E-state index contributed by atoms with van der Waals surface area (Å²) in [6.45, 7) is 2.84. The van der Waals surface area contributed by atoms with E-state index in [-0.39, 0.29) is 10.7 Å². The Kier molecular flexibility index (Phi) is 7.19. The van der Waals surface area contributed by atoms with Crippen LogP contribution in [-0.2, 0) is 6.61 Å². The lowest BCUT2D eigenvalue weighted by Crippen LogP contribution is -2.18. The zero-order valence-corrected chi connectivity index (χ0v) is 16.6. The molecule has 3 aromatic rings. The van der Waals surface area contributed by atoms with Crippen molar-refractivity contribution >= 4 is 23.7 Å². The van der Waals surface area contributed by atoms with Crippen molar-refractivity contribution in [2.75, 3.05) is 6.61 Å². The van der Waals surface area contributed by atoms with Crippen molar-refractivity contribution in [3.63, 3.8) is 0 Å². The van der Waals surface area contributed by atoms with Crippen LogP contribution in [0.5, 0.6) is 11.5 Å². The number of carbonyl (C=O) groups excluding carboxylic acids is 1. The van der Waals surface area contributed by atoms with Gasteiger partial charge in [-0.05, 0) is 48.4 Å². The Balaban J connectivity index is 1.66. The second kappa shape index (κ2) is 10.2. The summed E-state index contributed by atoms with van der Waals surface area (Å²) in [5, 5.41) is 4.10. The van der Waals surface area contributed by atoms with Crippen LogP contribution in [-0.4, -0.2) is 23.7 Å². The topological polar surface area (TPSA) is 72.8 Å². The molecule has 0 aliphatic rings. The van der Waals surface area contributed by atoms with E-state index in [0.717, 1.165) is 11.1 Å². The first-order chi connectivity index (χ1) is 14.2. The van der Waals surface area contributed by atoms with E-state index < -0.39 is 5.91 Å². The third kappa shape index (κ3) is 5.80. The maximum atomic E-state index is 12.1. The number of pyridine rings is 1. The lowest BCUT2D eigenvalue weighted by Gasteiger charge is -2.12. The molecule has 0 saturated heterocycles. The largest absolute Gasteiger partial charge is 0.490 e. The predicted octanol–water partition coefficient (Wildman–Crippen LogP) is 4.48. The van der Waals surface area contributed by atoms with E-state index in [2.05, 4.69) is 15.5 Å². The van der Waals surface area contributed by atoms with E-state index in [4.69, 9.17) is 21.1 Å². The van der Waals surface area contributed by atoms with Gasteiger partial charge in [-0.1, -0.05) is 41.9 Å². The Bertz CT molecular complexity index is 994. The fourth-order valence-corrected chi connectivity index (χ4v) is 2.71. The molecule has 0 radical (unpaired) electrons. The molecule has 0 fully saturated rings. The number of rotatable bonds is 8. The second-order valence-corrected chi connectivity index (χ2v) is 6.31. The summed E-state index contributed by atoms with van der Waals surface area (Å²) in [5.41, 5.74) is 4.51. The zero-order chi connectivity index (χ0) is 20.5. The van der Waals surface area contributed by atoms with Gasteiger partial charge in [0.15, 0.2) is 11.5 Å². The highest BCUT2D eigenvalue weighted by Crippen LogP contribution is 2.28. The van der Waals surface area contributed by atoms with E-state index in [0.29, 0.717) is 24.7 Å². The molecule has 0 spiro atoms. The summed E-state index contributed by atoms with van der Waals surface area (Å²) in [6.07, 6.45) is 3.03. The first-order valence-corrected chi connectivity index (χ1v) is 9.42. The molecule has 3 rings (SSSR count). The van der Waals surface area contributed by atoms with Gasteiger partial charge in [0.25, 0.3) is 5.91 Å². The molecule has 1 amide bonds. The Hall–Kier alpha value is -3.38. The van der Waals surface area contributed by atoms with Gasteiger partial charge < -0.3 is 9.47 Å². The number of halogens is 1. The van der Waals surface area contributed by atoms with Crippen molar-refractivity contribution < 1.29 is 14.3 Å². The molecule has 1 aromatic heterocycles. The molecule has 29 heavy (non-hydrogen) atoms. The first-order valence-electron chi connectivity index (χ1n) is 9.05. The average Bonchev–Trinajstić information content (AvgIpc) is 2.74. The summed E-state index contributed by atoms with van der Waals surface area (Å²) in [4.78, 5) is 16.0. The Morgan fingerprint density at radius 3 is 2.69 bits per heavy atom. The molecule has 0 aliphatic heterocycles. The molecule has 0 bridgehead atoms. The van der Waals surface area contributed by atoms with Gasteiger partial charge in [0.05, 0.1) is 18.4 Å². The normalized spacial score (nSPS) is 10.7. The van der Waals surface area contributed by atoms with Gasteiger partial charge in [0.2, 0.25) is 0 Å². The van der Waals surface area contributed by atoms with Crippen LogP contribution in [0.4, 0.5) is 0 Å². The molecule has 6 nitrogen and oxygen atoms in total. The fraction of sp³-hybridized carbons (Fsp3) is 0.136. The van der Waals surface area contributed by atoms with Crippen LogP contribution in [0.15, 0.2) is 72.0 Å². The monoisotopic (exact) mass is 409 g/mol. The third-order valence-corrected chi connectivity index (χ3v) is 4.19. The van der Waals surface area contributed by atoms with Crippen LogP contribution >= 0.6 is 11.6 Å². The molecule has 7 heteroatoms. The molecule has 0 aliphatic carbocycles. The van der Waals surface area contributed by atoms with E-state index in [1.807, 2.05) is 49.4 Å². The van der Waals surface area contributed by atoms with Crippen molar-refractivity contribution in [2.24, 2.45) is 5.10 Å². The van der Waals surface area contributed by atoms with Crippen molar-refractivity contribution in [3.05, 3.63) is 88.7 Å². The predicted molar refractivity (Wildman–Crippen MR) is 113 cm³/mol. The number of carbonyl (C=O) groups is 1. The number of ether oxygens (including phenoxy) is 2. The van der Waals surface area contributed by atoms with E-state index in [1.165, 1.54) is 12.4 Å². The van der Waals surface area contributed by atoms with Gasteiger partial charge in [-0.3, -0.25) is 4.79 Å². The van der Waals surface area contributed by atoms with Crippen LogP contribution in [0, 0.1) is 0 Å². The fourth-order valence-electron chi connectivity index (χ4n) is 2.51. The second-order valence-electron chi connectivity index (χ2n) is 5.95. The molecule has 148 valence electrons. The Morgan fingerprint density at radius 2 is 1.93 bits per heavy atom. The van der Waals surface area contributed by atoms with Crippen molar-refractivity contribution in [3.8, 4) is 11.5 Å². The van der Waals surface area contributed by atoms with Gasteiger partial charge in [0.1, 0.15) is 11.8 Å². The van der Waals surface area contributed by atoms with Gasteiger partial charge >= 0.3 is 0 Å². The number of aromatic nitrogens is 1. The molecule has 0 atom stereocenters. The van der Waals surface area contributed by atoms with Crippen LogP contribution in [0.2, 0.25) is 5.15 Å². The third-order valence-electron chi connectivity index (χ3n) is 3.89. The summed E-state index contributed by atoms with van der Waals surface area (Å²) in [7, 11) is 0. The minimum Gasteiger partial charge on any atom is -0.490 e. The van der Waals surface area contributed by atoms with Crippen molar-refractivity contribution in [1.82, 2.24) is 10.4 Å². The number of hydrogen-bond acceptors (Lipinski definition) is 5. The van der Waals surface area contributed by atoms with E-state index >= 15 is 0 Å². The SMILES string of the molecule is CCOc1cc(/C=N/NC(=O)c2cccnc2Cl)ccc1OCc1ccccc1.